The third kappa shape index (κ3) is 2.90. The van der Waals surface area contributed by atoms with Crippen molar-refractivity contribution in [3.8, 4) is 5.75 Å². The molecule has 0 bridgehead atoms. The molecule has 0 aliphatic carbocycles. The molecule has 2 N–H and O–H groups in total. The van der Waals surface area contributed by atoms with Crippen LogP contribution in [-0.2, 0) is 6.42 Å². The first kappa shape index (κ1) is 10.4. The predicted molar refractivity (Wildman–Crippen MR) is 55.4 cm³/mol. The minimum atomic E-state index is 0.619. The molecule has 0 heterocycles. The predicted octanol–water partition coefficient (Wildman–Crippen LogP) is 2.24. The molecule has 0 fully saturated rings. The SMILES string of the molecule is CCOc1ccc(CCN)c(Cl)c1. The third-order valence-corrected chi connectivity index (χ3v) is 2.10. The molecule has 72 valence electrons. The molecule has 0 saturated heterocycles. The second-order valence-electron chi connectivity index (χ2n) is 2.72. The fourth-order valence-electron chi connectivity index (χ4n) is 1.14. The maximum Gasteiger partial charge on any atom is 0.120 e. The fourth-order valence-corrected chi connectivity index (χ4v) is 1.41. The number of ether oxygens (including phenoxy) is 1. The molecule has 0 atom stereocenters. The van der Waals surface area contributed by atoms with E-state index in [4.69, 9.17) is 22.1 Å². The van der Waals surface area contributed by atoms with Gasteiger partial charge in [-0.15, -0.1) is 0 Å². The highest BCUT2D eigenvalue weighted by Gasteiger charge is 2.00. The Hall–Kier alpha value is -0.730. The molecule has 3 heteroatoms. The standard InChI is InChI=1S/C10H14ClNO/c1-2-13-9-4-3-8(5-6-12)10(11)7-9/h3-4,7H,2,5-6,12H2,1H3. The molecule has 0 saturated carbocycles. The van der Waals surface area contributed by atoms with Crippen LogP contribution < -0.4 is 10.5 Å². The molecule has 1 rings (SSSR count). The summed E-state index contributed by atoms with van der Waals surface area (Å²) in [6.45, 7) is 3.22. The molecule has 1 aromatic carbocycles. The molecule has 2 nitrogen and oxygen atoms in total. The molecular weight excluding hydrogens is 186 g/mol. The van der Waals surface area contributed by atoms with Crippen molar-refractivity contribution in [2.24, 2.45) is 5.73 Å². The number of hydrogen-bond acceptors (Lipinski definition) is 2. The van der Waals surface area contributed by atoms with Gasteiger partial charge in [-0.2, -0.15) is 0 Å². The largest absolute Gasteiger partial charge is 0.494 e. The lowest BCUT2D eigenvalue weighted by atomic mass is 10.1. The van der Waals surface area contributed by atoms with E-state index in [1.165, 1.54) is 0 Å². The lowest BCUT2D eigenvalue weighted by Crippen LogP contribution is -2.03. The second-order valence-corrected chi connectivity index (χ2v) is 3.13. The van der Waals surface area contributed by atoms with Crippen LogP contribution >= 0.6 is 11.6 Å². The van der Waals surface area contributed by atoms with Crippen molar-refractivity contribution in [1.29, 1.82) is 0 Å². The maximum atomic E-state index is 6.01. The van der Waals surface area contributed by atoms with Crippen molar-refractivity contribution >= 4 is 11.6 Å². The van der Waals surface area contributed by atoms with Gasteiger partial charge in [0.05, 0.1) is 6.61 Å². The molecule has 0 unspecified atom stereocenters. The van der Waals surface area contributed by atoms with Crippen LogP contribution in [0.15, 0.2) is 18.2 Å². The minimum absolute atomic E-state index is 0.619. The average molecular weight is 200 g/mol. The Morgan fingerprint density at radius 1 is 1.46 bits per heavy atom. The Balaban J connectivity index is 2.79. The summed E-state index contributed by atoms with van der Waals surface area (Å²) in [6.07, 6.45) is 0.811. The van der Waals surface area contributed by atoms with Gasteiger partial charge in [-0.1, -0.05) is 17.7 Å². The number of nitrogens with two attached hydrogens (primary N) is 1. The summed E-state index contributed by atoms with van der Waals surface area (Å²) in [5.41, 5.74) is 6.51. The lowest BCUT2D eigenvalue weighted by Gasteiger charge is -2.06. The highest BCUT2D eigenvalue weighted by molar-refractivity contribution is 6.31. The maximum absolute atomic E-state index is 6.01. The molecule has 0 spiro atoms. The van der Waals surface area contributed by atoms with E-state index in [2.05, 4.69) is 0 Å². The Kier molecular flexibility index (Phi) is 4.06. The van der Waals surface area contributed by atoms with Gasteiger partial charge in [-0.3, -0.25) is 0 Å². The van der Waals surface area contributed by atoms with E-state index in [1.54, 1.807) is 0 Å². The molecular formula is C10H14ClNO. The van der Waals surface area contributed by atoms with E-state index in [0.717, 1.165) is 22.8 Å². The summed E-state index contributed by atoms with van der Waals surface area (Å²) in [6, 6.07) is 5.70. The number of hydrogen-bond donors (Lipinski definition) is 1. The summed E-state index contributed by atoms with van der Waals surface area (Å²) in [4.78, 5) is 0. The van der Waals surface area contributed by atoms with Crippen LogP contribution in [-0.4, -0.2) is 13.2 Å². The molecule has 0 aromatic heterocycles. The van der Waals surface area contributed by atoms with Crippen LogP contribution in [0.4, 0.5) is 0 Å². The van der Waals surface area contributed by atoms with E-state index in [9.17, 15) is 0 Å². The molecule has 0 radical (unpaired) electrons. The lowest BCUT2D eigenvalue weighted by molar-refractivity contribution is 0.340. The Labute approximate surface area is 83.6 Å². The molecule has 0 amide bonds. The summed E-state index contributed by atoms with van der Waals surface area (Å²) >= 11 is 6.01. The first-order valence-corrected chi connectivity index (χ1v) is 4.77. The highest BCUT2D eigenvalue weighted by atomic mass is 35.5. The third-order valence-electron chi connectivity index (χ3n) is 1.75. The van der Waals surface area contributed by atoms with Gasteiger partial charge >= 0.3 is 0 Å². The van der Waals surface area contributed by atoms with Gasteiger partial charge in [0.2, 0.25) is 0 Å². The zero-order valence-corrected chi connectivity index (χ0v) is 8.47. The Bertz CT molecular complexity index is 276. The summed E-state index contributed by atoms with van der Waals surface area (Å²) in [5.74, 6) is 0.813. The highest BCUT2D eigenvalue weighted by Crippen LogP contribution is 2.22. The molecule has 0 aliphatic rings. The van der Waals surface area contributed by atoms with Gasteiger partial charge in [-0.05, 0) is 37.6 Å². The first-order chi connectivity index (χ1) is 6.27. The fraction of sp³-hybridized carbons (Fsp3) is 0.400. The number of benzene rings is 1. The Morgan fingerprint density at radius 2 is 2.23 bits per heavy atom. The van der Waals surface area contributed by atoms with E-state index >= 15 is 0 Å². The van der Waals surface area contributed by atoms with Crippen LogP contribution in [0.1, 0.15) is 12.5 Å². The van der Waals surface area contributed by atoms with Crippen LogP contribution in [0.2, 0.25) is 5.02 Å². The monoisotopic (exact) mass is 199 g/mol. The smallest absolute Gasteiger partial charge is 0.120 e. The molecule has 0 aliphatic heterocycles. The second kappa shape index (κ2) is 5.10. The summed E-state index contributed by atoms with van der Waals surface area (Å²) in [5, 5.41) is 0.733. The van der Waals surface area contributed by atoms with Crippen molar-refractivity contribution in [3.63, 3.8) is 0 Å². The van der Waals surface area contributed by atoms with Gasteiger partial charge in [-0.25, -0.2) is 0 Å². The van der Waals surface area contributed by atoms with Crippen LogP contribution in [0.5, 0.6) is 5.75 Å². The molecule has 1 aromatic rings. The van der Waals surface area contributed by atoms with E-state index in [0.29, 0.717) is 13.2 Å². The van der Waals surface area contributed by atoms with Gasteiger partial charge in [0.25, 0.3) is 0 Å². The van der Waals surface area contributed by atoms with Crippen molar-refractivity contribution in [3.05, 3.63) is 28.8 Å². The number of halogens is 1. The van der Waals surface area contributed by atoms with Gasteiger partial charge < -0.3 is 10.5 Å². The van der Waals surface area contributed by atoms with E-state index in [-0.39, 0.29) is 0 Å². The Morgan fingerprint density at radius 3 is 2.77 bits per heavy atom. The van der Waals surface area contributed by atoms with Gasteiger partial charge in [0.15, 0.2) is 0 Å². The van der Waals surface area contributed by atoms with Crippen LogP contribution in [0.3, 0.4) is 0 Å². The van der Waals surface area contributed by atoms with Crippen molar-refractivity contribution in [2.45, 2.75) is 13.3 Å². The van der Waals surface area contributed by atoms with Crippen LogP contribution in [0.25, 0.3) is 0 Å². The van der Waals surface area contributed by atoms with Crippen molar-refractivity contribution in [1.82, 2.24) is 0 Å². The van der Waals surface area contributed by atoms with Crippen molar-refractivity contribution in [2.75, 3.05) is 13.2 Å². The summed E-state index contributed by atoms with van der Waals surface area (Å²) < 4.78 is 5.30. The quantitative estimate of drug-likeness (QED) is 0.808. The van der Waals surface area contributed by atoms with E-state index < -0.39 is 0 Å². The normalized spacial score (nSPS) is 10.1. The zero-order valence-electron chi connectivity index (χ0n) is 7.72. The molecule has 13 heavy (non-hydrogen) atoms. The zero-order chi connectivity index (χ0) is 9.68. The topological polar surface area (TPSA) is 35.2 Å². The average Bonchev–Trinajstić information content (AvgIpc) is 2.10. The summed E-state index contributed by atoms with van der Waals surface area (Å²) in [7, 11) is 0. The van der Waals surface area contributed by atoms with Crippen molar-refractivity contribution < 1.29 is 4.74 Å². The van der Waals surface area contributed by atoms with Gasteiger partial charge in [0.1, 0.15) is 5.75 Å². The van der Waals surface area contributed by atoms with E-state index in [1.807, 2.05) is 25.1 Å². The van der Waals surface area contributed by atoms with Crippen LogP contribution in [0, 0.1) is 0 Å². The van der Waals surface area contributed by atoms with Gasteiger partial charge in [0, 0.05) is 5.02 Å². The number of rotatable bonds is 4. The minimum Gasteiger partial charge on any atom is -0.494 e. The first-order valence-electron chi connectivity index (χ1n) is 4.39.